The largest absolute Gasteiger partial charge is 0.496 e. The van der Waals surface area contributed by atoms with Gasteiger partial charge in [0, 0.05) is 5.54 Å². The highest BCUT2D eigenvalue weighted by Gasteiger charge is 2.51. The lowest BCUT2D eigenvalue weighted by molar-refractivity contribution is -0.128. The normalized spacial score (nSPS) is 29.8. The molecule has 0 aliphatic heterocycles. The smallest absolute Gasteiger partial charge is 0.342 e. The van der Waals surface area contributed by atoms with Crippen LogP contribution in [0, 0.1) is 24.7 Å². The number of imide groups is 1. The van der Waals surface area contributed by atoms with Crippen LogP contribution in [-0.2, 0) is 9.53 Å². The second-order valence-electron chi connectivity index (χ2n) is 9.39. The molecule has 4 saturated carbocycles. The second kappa shape index (κ2) is 7.93. The Morgan fingerprint density at radius 2 is 1.67 bits per heavy atom. The Labute approximate surface area is 176 Å². The Kier molecular flexibility index (Phi) is 5.47. The van der Waals surface area contributed by atoms with E-state index in [0.717, 1.165) is 24.8 Å². The molecule has 7 nitrogen and oxygen atoms in total. The molecule has 0 heterocycles. The van der Waals surface area contributed by atoms with E-state index >= 15 is 0 Å². The van der Waals surface area contributed by atoms with Crippen molar-refractivity contribution in [2.75, 3.05) is 7.11 Å². The SMILES string of the molecule is COc1ccc(C)cc1C(=O)O[C@H](C)C(=O)NC(=O)NC12CC3CC(CC(C3)C1)C2. The second-order valence-corrected chi connectivity index (χ2v) is 9.39. The zero-order valence-corrected chi connectivity index (χ0v) is 17.8. The van der Waals surface area contributed by atoms with Gasteiger partial charge in [-0.2, -0.15) is 0 Å². The van der Waals surface area contributed by atoms with E-state index in [9.17, 15) is 14.4 Å². The Bertz CT molecular complexity index is 830. The Morgan fingerprint density at radius 1 is 1.07 bits per heavy atom. The number of esters is 1. The van der Waals surface area contributed by atoms with Gasteiger partial charge in [0.1, 0.15) is 11.3 Å². The maximum absolute atomic E-state index is 12.5. The molecule has 1 atom stereocenters. The van der Waals surface area contributed by atoms with Gasteiger partial charge >= 0.3 is 12.0 Å². The molecule has 4 bridgehead atoms. The van der Waals surface area contributed by atoms with E-state index < -0.39 is 24.0 Å². The molecule has 0 radical (unpaired) electrons. The summed E-state index contributed by atoms with van der Waals surface area (Å²) in [7, 11) is 1.46. The Morgan fingerprint density at radius 3 is 2.23 bits per heavy atom. The van der Waals surface area contributed by atoms with E-state index in [1.54, 1.807) is 12.1 Å². The molecule has 0 saturated heterocycles. The lowest BCUT2D eigenvalue weighted by Gasteiger charge is -2.56. The fraction of sp³-hybridized carbons (Fsp3) is 0.609. The molecule has 30 heavy (non-hydrogen) atoms. The van der Waals surface area contributed by atoms with Crippen molar-refractivity contribution in [3.8, 4) is 5.75 Å². The van der Waals surface area contributed by atoms with E-state index in [2.05, 4.69) is 10.6 Å². The quantitative estimate of drug-likeness (QED) is 0.721. The highest BCUT2D eigenvalue weighted by atomic mass is 16.5. The predicted molar refractivity (Wildman–Crippen MR) is 110 cm³/mol. The van der Waals surface area contributed by atoms with E-state index in [1.807, 2.05) is 13.0 Å². The lowest BCUT2D eigenvalue weighted by atomic mass is 9.53. The number of nitrogens with one attached hydrogen (secondary N) is 2. The third-order valence-electron chi connectivity index (χ3n) is 6.88. The average molecular weight is 415 g/mol. The van der Waals surface area contributed by atoms with Crippen molar-refractivity contribution in [2.45, 2.75) is 64.0 Å². The van der Waals surface area contributed by atoms with Crippen LogP contribution in [0.5, 0.6) is 5.75 Å². The van der Waals surface area contributed by atoms with Crippen LogP contribution < -0.4 is 15.4 Å². The number of amides is 3. The molecule has 1 aromatic carbocycles. The van der Waals surface area contributed by atoms with Gasteiger partial charge in [0.2, 0.25) is 0 Å². The summed E-state index contributed by atoms with van der Waals surface area (Å²) in [5, 5.41) is 5.44. The molecule has 162 valence electrons. The van der Waals surface area contributed by atoms with Crippen LogP contribution in [0.15, 0.2) is 18.2 Å². The van der Waals surface area contributed by atoms with Crippen LogP contribution >= 0.6 is 0 Å². The number of hydrogen-bond donors (Lipinski definition) is 2. The van der Waals surface area contributed by atoms with E-state index in [0.29, 0.717) is 23.5 Å². The summed E-state index contributed by atoms with van der Waals surface area (Å²) < 4.78 is 10.5. The molecular weight excluding hydrogens is 384 g/mol. The van der Waals surface area contributed by atoms with Crippen LogP contribution in [0.3, 0.4) is 0 Å². The molecule has 4 fully saturated rings. The minimum atomic E-state index is -1.11. The van der Waals surface area contributed by atoms with Gasteiger partial charge in [0.15, 0.2) is 6.10 Å². The number of rotatable bonds is 5. The fourth-order valence-electron chi connectivity index (χ4n) is 6.01. The van der Waals surface area contributed by atoms with Gasteiger partial charge in [0.05, 0.1) is 7.11 Å². The molecule has 0 unspecified atom stereocenters. The molecule has 4 aliphatic carbocycles. The van der Waals surface area contributed by atoms with Gasteiger partial charge in [-0.1, -0.05) is 11.6 Å². The summed E-state index contributed by atoms with van der Waals surface area (Å²) >= 11 is 0. The highest BCUT2D eigenvalue weighted by molar-refractivity contribution is 5.99. The van der Waals surface area contributed by atoms with E-state index in [4.69, 9.17) is 9.47 Å². The molecule has 4 aliphatic rings. The first-order chi connectivity index (χ1) is 14.3. The summed E-state index contributed by atoms with van der Waals surface area (Å²) in [5.41, 5.74) is 0.929. The molecule has 3 amide bonds. The van der Waals surface area contributed by atoms with E-state index in [1.165, 1.54) is 33.3 Å². The first-order valence-electron chi connectivity index (χ1n) is 10.8. The van der Waals surface area contributed by atoms with Crippen LogP contribution in [0.25, 0.3) is 0 Å². The van der Waals surface area contributed by atoms with Crippen molar-refractivity contribution in [3.63, 3.8) is 0 Å². The number of carbonyl (C=O) groups is 3. The van der Waals surface area contributed by atoms with Crippen molar-refractivity contribution in [3.05, 3.63) is 29.3 Å². The molecule has 7 heteroatoms. The number of benzene rings is 1. The monoisotopic (exact) mass is 414 g/mol. The first-order valence-corrected chi connectivity index (χ1v) is 10.8. The zero-order valence-electron chi connectivity index (χ0n) is 17.8. The van der Waals surface area contributed by atoms with Gasteiger partial charge in [-0.05, 0) is 82.3 Å². The van der Waals surface area contributed by atoms with Crippen LogP contribution in [0.2, 0.25) is 0 Å². The fourth-order valence-corrected chi connectivity index (χ4v) is 6.01. The van der Waals surface area contributed by atoms with Crippen LogP contribution in [0.4, 0.5) is 4.79 Å². The predicted octanol–water partition coefficient (Wildman–Crippen LogP) is 3.34. The molecular formula is C23H30N2O5. The summed E-state index contributed by atoms with van der Waals surface area (Å²) in [6.45, 7) is 3.30. The van der Waals surface area contributed by atoms with Crippen molar-refractivity contribution in [1.29, 1.82) is 0 Å². The minimum absolute atomic E-state index is 0.187. The summed E-state index contributed by atoms with van der Waals surface area (Å²) in [5.74, 6) is 1.14. The highest BCUT2D eigenvalue weighted by Crippen LogP contribution is 2.55. The lowest BCUT2D eigenvalue weighted by Crippen LogP contribution is -2.62. The molecule has 0 spiro atoms. The van der Waals surface area contributed by atoms with Crippen molar-refractivity contribution < 1.29 is 23.9 Å². The average Bonchev–Trinajstić information content (AvgIpc) is 2.66. The molecule has 0 aromatic heterocycles. The number of ether oxygens (including phenoxy) is 2. The molecule has 5 rings (SSSR count). The molecule has 2 N–H and O–H groups in total. The summed E-state index contributed by atoms with van der Waals surface area (Å²) in [4.78, 5) is 37.5. The molecule has 1 aromatic rings. The van der Waals surface area contributed by atoms with Crippen molar-refractivity contribution >= 4 is 17.9 Å². The number of carbonyl (C=O) groups excluding carboxylic acids is 3. The Hall–Kier alpha value is -2.57. The van der Waals surface area contributed by atoms with Gasteiger partial charge in [0.25, 0.3) is 5.91 Å². The van der Waals surface area contributed by atoms with Gasteiger partial charge in [-0.25, -0.2) is 9.59 Å². The summed E-state index contributed by atoms with van der Waals surface area (Å²) in [6.07, 6.45) is 5.71. The van der Waals surface area contributed by atoms with Crippen LogP contribution in [-0.4, -0.2) is 36.7 Å². The van der Waals surface area contributed by atoms with Crippen molar-refractivity contribution in [1.82, 2.24) is 10.6 Å². The van der Waals surface area contributed by atoms with Gasteiger partial charge in [-0.15, -0.1) is 0 Å². The topological polar surface area (TPSA) is 93.7 Å². The third kappa shape index (κ3) is 4.16. The third-order valence-corrected chi connectivity index (χ3v) is 6.88. The first kappa shape index (κ1) is 20.7. The maximum Gasteiger partial charge on any atom is 0.342 e. The number of aryl methyl sites for hydroxylation is 1. The van der Waals surface area contributed by atoms with Crippen molar-refractivity contribution in [2.24, 2.45) is 17.8 Å². The standard InChI is InChI=1S/C23H30N2O5/c1-13-4-5-19(29-3)18(6-13)21(27)30-14(2)20(26)24-22(28)25-23-10-15-7-16(11-23)9-17(8-15)12-23/h4-6,14-17H,7-12H2,1-3H3,(H2,24,25,26,28)/t14-,15?,16?,17?,23?/m1/s1. The number of methoxy groups -OCH3 is 1. The van der Waals surface area contributed by atoms with Crippen LogP contribution in [0.1, 0.15) is 61.4 Å². The zero-order chi connectivity index (χ0) is 21.5. The number of urea groups is 1. The maximum atomic E-state index is 12.5. The number of hydrogen-bond acceptors (Lipinski definition) is 5. The van der Waals surface area contributed by atoms with Gasteiger partial charge < -0.3 is 14.8 Å². The van der Waals surface area contributed by atoms with Gasteiger partial charge in [-0.3, -0.25) is 10.1 Å². The van der Waals surface area contributed by atoms with E-state index in [-0.39, 0.29) is 11.1 Å². The summed E-state index contributed by atoms with van der Waals surface area (Å²) in [6, 6.07) is 4.64. The minimum Gasteiger partial charge on any atom is -0.496 e. The Balaban J connectivity index is 1.33.